The van der Waals surface area contributed by atoms with Gasteiger partial charge in [-0.3, -0.25) is 4.79 Å². The van der Waals surface area contributed by atoms with Gasteiger partial charge in [-0.1, -0.05) is 41.4 Å². The number of aromatic nitrogens is 1. The second kappa shape index (κ2) is 6.78. The Kier molecular flexibility index (Phi) is 5.04. The van der Waals surface area contributed by atoms with Crippen molar-refractivity contribution in [3.8, 4) is 5.75 Å². The van der Waals surface area contributed by atoms with Gasteiger partial charge >= 0.3 is 0 Å². The van der Waals surface area contributed by atoms with Crippen molar-refractivity contribution >= 4 is 29.1 Å². The molecule has 2 rings (SSSR count). The third kappa shape index (κ3) is 3.86. The minimum atomic E-state index is -0.188. The number of halogens is 2. The van der Waals surface area contributed by atoms with Gasteiger partial charge in [-0.25, -0.2) is 4.98 Å². The lowest BCUT2D eigenvalue weighted by Gasteiger charge is -2.19. The molecule has 110 valence electrons. The van der Waals surface area contributed by atoms with Crippen LogP contribution in [0.5, 0.6) is 5.75 Å². The van der Waals surface area contributed by atoms with Crippen molar-refractivity contribution in [3.05, 3.63) is 57.8 Å². The topological polar surface area (TPSA) is 42.4 Å². The number of carbonyl (C=O) groups excluding carboxylic acids is 1. The highest BCUT2D eigenvalue weighted by molar-refractivity contribution is 6.33. The van der Waals surface area contributed by atoms with Crippen molar-refractivity contribution in [2.24, 2.45) is 0 Å². The van der Waals surface area contributed by atoms with Gasteiger partial charge in [0.2, 0.25) is 0 Å². The maximum atomic E-state index is 12.4. The van der Waals surface area contributed by atoms with Crippen LogP contribution in [0, 0.1) is 0 Å². The molecule has 0 spiro atoms. The van der Waals surface area contributed by atoms with E-state index in [1.54, 1.807) is 19.1 Å². The smallest absolute Gasteiger partial charge is 0.254 e. The van der Waals surface area contributed by atoms with Gasteiger partial charge < -0.3 is 9.64 Å². The van der Waals surface area contributed by atoms with Crippen molar-refractivity contribution < 1.29 is 9.53 Å². The van der Waals surface area contributed by atoms with Crippen LogP contribution < -0.4 is 4.74 Å². The zero-order valence-corrected chi connectivity index (χ0v) is 13.1. The number of carbonyl (C=O) groups is 1. The lowest BCUT2D eigenvalue weighted by atomic mass is 10.1. The van der Waals surface area contributed by atoms with Crippen LogP contribution in [0.4, 0.5) is 0 Å². The average Bonchev–Trinajstić information content (AvgIpc) is 2.46. The summed E-state index contributed by atoms with van der Waals surface area (Å²) in [6.45, 7) is 0.417. The Morgan fingerprint density at radius 1 is 1.24 bits per heavy atom. The Balaban J connectivity index is 2.19. The number of hydrogen-bond acceptors (Lipinski definition) is 3. The Bertz CT molecular complexity index is 642. The molecular formula is C15H14Cl2N2O2. The lowest BCUT2D eigenvalue weighted by Crippen LogP contribution is -2.26. The monoisotopic (exact) mass is 324 g/mol. The van der Waals surface area contributed by atoms with Gasteiger partial charge in [0.25, 0.3) is 5.91 Å². The molecule has 1 heterocycles. The van der Waals surface area contributed by atoms with Gasteiger partial charge in [0.1, 0.15) is 16.1 Å². The Morgan fingerprint density at radius 2 is 1.86 bits per heavy atom. The molecule has 0 fully saturated rings. The van der Waals surface area contributed by atoms with Gasteiger partial charge in [-0.15, -0.1) is 0 Å². The molecule has 0 N–H and O–H groups in total. The van der Waals surface area contributed by atoms with Gasteiger partial charge in [-0.2, -0.15) is 0 Å². The van der Waals surface area contributed by atoms with Crippen LogP contribution in [0.3, 0.4) is 0 Å². The summed E-state index contributed by atoms with van der Waals surface area (Å²) in [5.41, 5.74) is 1.32. The molecule has 1 aromatic carbocycles. The fourth-order valence-corrected chi connectivity index (χ4v) is 2.43. The Hall–Kier alpha value is -1.78. The number of methoxy groups -OCH3 is 1. The Morgan fingerprint density at radius 3 is 2.48 bits per heavy atom. The first-order valence-electron chi connectivity index (χ1n) is 6.21. The van der Waals surface area contributed by atoms with Crippen LogP contribution in [0.15, 0.2) is 36.4 Å². The second-order valence-corrected chi connectivity index (χ2v) is 5.25. The molecule has 1 aromatic heterocycles. The summed E-state index contributed by atoms with van der Waals surface area (Å²) >= 11 is 11.6. The molecule has 0 atom stereocenters. The van der Waals surface area contributed by atoms with E-state index >= 15 is 0 Å². The van der Waals surface area contributed by atoms with E-state index < -0.39 is 0 Å². The number of pyridine rings is 1. The van der Waals surface area contributed by atoms with Crippen molar-refractivity contribution in [2.75, 3.05) is 14.2 Å². The minimum absolute atomic E-state index is 0.188. The summed E-state index contributed by atoms with van der Waals surface area (Å²) in [7, 11) is 3.31. The van der Waals surface area contributed by atoms with Crippen LogP contribution >= 0.6 is 23.2 Å². The standard InChI is InChI=1S/C15H14Cl2N2O2/c1-19(9-10-5-3-4-6-12(10)21-2)15(20)11-7-13(16)18-14(17)8-11/h3-8H,9H2,1-2H3. The van der Waals surface area contributed by atoms with Crippen LogP contribution in [0.2, 0.25) is 10.3 Å². The lowest BCUT2D eigenvalue weighted by molar-refractivity contribution is 0.0784. The number of ether oxygens (including phenoxy) is 1. The maximum absolute atomic E-state index is 12.4. The van der Waals surface area contributed by atoms with Crippen LogP contribution in [0.25, 0.3) is 0 Å². The van der Waals surface area contributed by atoms with E-state index in [1.165, 1.54) is 12.1 Å². The first-order chi connectivity index (χ1) is 10.0. The van der Waals surface area contributed by atoms with Gasteiger partial charge in [0.05, 0.1) is 7.11 Å². The highest BCUT2D eigenvalue weighted by Crippen LogP contribution is 2.21. The van der Waals surface area contributed by atoms with E-state index in [2.05, 4.69) is 4.98 Å². The quantitative estimate of drug-likeness (QED) is 0.806. The molecule has 0 radical (unpaired) electrons. The zero-order chi connectivity index (χ0) is 15.4. The Labute approximate surface area is 133 Å². The summed E-state index contributed by atoms with van der Waals surface area (Å²) in [6, 6.07) is 10.5. The van der Waals surface area contributed by atoms with Crippen molar-refractivity contribution in [1.29, 1.82) is 0 Å². The van der Waals surface area contributed by atoms with Crippen molar-refractivity contribution in [3.63, 3.8) is 0 Å². The number of rotatable bonds is 4. The molecule has 4 nitrogen and oxygen atoms in total. The molecule has 0 bridgehead atoms. The summed E-state index contributed by atoms with van der Waals surface area (Å²) in [5, 5.41) is 0.382. The largest absolute Gasteiger partial charge is 0.496 e. The van der Waals surface area contributed by atoms with Gasteiger partial charge in [0.15, 0.2) is 0 Å². The first-order valence-corrected chi connectivity index (χ1v) is 6.97. The first kappa shape index (κ1) is 15.6. The molecule has 2 aromatic rings. The molecule has 21 heavy (non-hydrogen) atoms. The summed E-state index contributed by atoms with van der Waals surface area (Å²) < 4.78 is 5.28. The van der Waals surface area contributed by atoms with E-state index in [0.29, 0.717) is 12.1 Å². The molecule has 0 saturated carbocycles. The van der Waals surface area contributed by atoms with E-state index in [4.69, 9.17) is 27.9 Å². The fraction of sp³-hybridized carbons (Fsp3) is 0.200. The molecular weight excluding hydrogens is 311 g/mol. The van der Waals surface area contributed by atoms with E-state index in [1.807, 2.05) is 24.3 Å². The number of benzene rings is 1. The third-order valence-corrected chi connectivity index (χ3v) is 3.34. The van der Waals surface area contributed by atoms with Crippen molar-refractivity contribution in [1.82, 2.24) is 9.88 Å². The number of nitrogens with zero attached hydrogens (tertiary/aromatic N) is 2. The number of amides is 1. The van der Waals surface area contributed by atoms with Crippen LogP contribution in [0.1, 0.15) is 15.9 Å². The highest BCUT2D eigenvalue weighted by atomic mass is 35.5. The summed E-state index contributed by atoms with van der Waals surface area (Å²) in [4.78, 5) is 17.8. The third-order valence-electron chi connectivity index (χ3n) is 2.96. The number of para-hydroxylation sites is 1. The minimum Gasteiger partial charge on any atom is -0.496 e. The van der Waals surface area contributed by atoms with Gasteiger partial charge in [-0.05, 0) is 18.2 Å². The molecule has 0 aliphatic carbocycles. The van der Waals surface area contributed by atoms with E-state index in [9.17, 15) is 4.79 Å². The maximum Gasteiger partial charge on any atom is 0.254 e. The molecule has 0 aliphatic rings. The van der Waals surface area contributed by atoms with E-state index in [0.717, 1.165) is 11.3 Å². The SMILES string of the molecule is COc1ccccc1CN(C)C(=O)c1cc(Cl)nc(Cl)c1. The summed E-state index contributed by atoms with van der Waals surface area (Å²) in [6.07, 6.45) is 0. The zero-order valence-electron chi connectivity index (χ0n) is 11.6. The van der Waals surface area contributed by atoms with E-state index in [-0.39, 0.29) is 16.2 Å². The van der Waals surface area contributed by atoms with Crippen LogP contribution in [-0.2, 0) is 6.54 Å². The van der Waals surface area contributed by atoms with Crippen LogP contribution in [-0.4, -0.2) is 29.9 Å². The normalized spacial score (nSPS) is 10.3. The second-order valence-electron chi connectivity index (χ2n) is 4.47. The highest BCUT2D eigenvalue weighted by Gasteiger charge is 2.15. The predicted molar refractivity (Wildman–Crippen MR) is 83.0 cm³/mol. The number of hydrogen-bond donors (Lipinski definition) is 0. The molecule has 0 saturated heterocycles. The molecule has 1 amide bonds. The predicted octanol–water partition coefficient (Wildman–Crippen LogP) is 3.67. The molecule has 6 heteroatoms. The fourth-order valence-electron chi connectivity index (χ4n) is 1.97. The average molecular weight is 325 g/mol. The summed E-state index contributed by atoms with van der Waals surface area (Å²) in [5.74, 6) is 0.551. The molecule has 0 unspecified atom stereocenters. The van der Waals surface area contributed by atoms with Crippen molar-refractivity contribution in [2.45, 2.75) is 6.54 Å². The van der Waals surface area contributed by atoms with Gasteiger partial charge in [0, 0.05) is 24.7 Å². The molecule has 0 aliphatic heterocycles.